The van der Waals surface area contributed by atoms with Crippen LogP contribution in [0.3, 0.4) is 0 Å². The first-order chi connectivity index (χ1) is 8.20. The minimum atomic E-state index is -0.328. The smallest absolute Gasteiger partial charge is 0.328 e. The molecule has 1 heterocycles. The van der Waals surface area contributed by atoms with Gasteiger partial charge in [-0.1, -0.05) is 0 Å². The highest BCUT2D eigenvalue weighted by Crippen LogP contribution is 2.24. The Kier molecular flexibility index (Phi) is 3.64. The first-order valence-corrected chi connectivity index (χ1v) is 6.49. The number of anilines is 1. The Bertz CT molecular complexity index is 521. The Labute approximate surface area is 104 Å². The third-order valence-electron chi connectivity index (χ3n) is 2.48. The highest BCUT2D eigenvalue weighted by Gasteiger charge is 2.13. The molecule has 0 saturated heterocycles. The molecule has 0 spiro atoms. The van der Waals surface area contributed by atoms with Gasteiger partial charge in [0.1, 0.15) is 6.04 Å². The van der Waals surface area contributed by atoms with Crippen LogP contribution in [0.15, 0.2) is 29.6 Å². The third kappa shape index (κ3) is 2.77. The Morgan fingerprint density at radius 2 is 2.29 bits per heavy atom. The highest BCUT2D eigenvalue weighted by atomic mass is 32.1. The molecule has 17 heavy (non-hydrogen) atoms. The molecule has 1 N–H and O–H groups in total. The molecule has 0 saturated carbocycles. The minimum Gasteiger partial charge on any atom is -0.464 e. The molecule has 0 aliphatic rings. The van der Waals surface area contributed by atoms with Gasteiger partial charge in [-0.05, 0) is 48.9 Å². The van der Waals surface area contributed by atoms with Gasteiger partial charge in [-0.2, -0.15) is 0 Å². The van der Waals surface area contributed by atoms with Crippen LogP contribution in [0, 0.1) is 0 Å². The number of esters is 1. The topological polar surface area (TPSA) is 38.3 Å². The summed E-state index contributed by atoms with van der Waals surface area (Å²) in [5.41, 5.74) is 0.941. The zero-order valence-electron chi connectivity index (χ0n) is 9.90. The summed E-state index contributed by atoms with van der Waals surface area (Å²) in [5, 5.41) is 6.39. The number of fused-ring (bicyclic) bond motifs is 1. The van der Waals surface area contributed by atoms with Crippen LogP contribution in [0.5, 0.6) is 0 Å². The summed E-state index contributed by atoms with van der Waals surface area (Å²) >= 11 is 1.71. The predicted molar refractivity (Wildman–Crippen MR) is 71.5 cm³/mol. The number of thiophene rings is 1. The maximum absolute atomic E-state index is 11.5. The van der Waals surface area contributed by atoms with Crippen molar-refractivity contribution in [2.45, 2.75) is 19.9 Å². The predicted octanol–water partition coefficient (Wildman–Crippen LogP) is 3.26. The van der Waals surface area contributed by atoms with E-state index in [1.165, 1.54) is 10.1 Å². The van der Waals surface area contributed by atoms with E-state index in [9.17, 15) is 4.79 Å². The van der Waals surface area contributed by atoms with Crippen molar-refractivity contribution in [1.29, 1.82) is 0 Å². The lowest BCUT2D eigenvalue weighted by molar-refractivity contribution is -0.143. The van der Waals surface area contributed by atoms with E-state index in [2.05, 4.69) is 22.8 Å². The number of rotatable bonds is 4. The molecule has 0 aliphatic carbocycles. The van der Waals surface area contributed by atoms with E-state index in [0.29, 0.717) is 6.61 Å². The summed E-state index contributed by atoms with van der Waals surface area (Å²) < 4.78 is 6.20. The van der Waals surface area contributed by atoms with Crippen LogP contribution < -0.4 is 5.32 Å². The van der Waals surface area contributed by atoms with E-state index in [-0.39, 0.29) is 12.0 Å². The molecule has 2 rings (SSSR count). The molecular formula is C13H15NO2S. The summed E-state index contributed by atoms with van der Waals surface area (Å²) in [7, 11) is 0. The Hall–Kier alpha value is -1.55. The van der Waals surface area contributed by atoms with Crippen LogP contribution >= 0.6 is 11.3 Å². The first kappa shape index (κ1) is 11.9. The van der Waals surface area contributed by atoms with E-state index in [0.717, 1.165) is 5.69 Å². The van der Waals surface area contributed by atoms with Gasteiger partial charge in [0.25, 0.3) is 0 Å². The van der Waals surface area contributed by atoms with E-state index in [1.807, 2.05) is 19.1 Å². The molecule has 0 aliphatic heterocycles. The van der Waals surface area contributed by atoms with Gasteiger partial charge in [-0.25, -0.2) is 4.79 Å². The number of hydrogen-bond donors (Lipinski definition) is 1. The molecule has 1 aromatic heterocycles. The van der Waals surface area contributed by atoms with Crippen LogP contribution in [0.25, 0.3) is 10.1 Å². The highest BCUT2D eigenvalue weighted by molar-refractivity contribution is 7.17. The quantitative estimate of drug-likeness (QED) is 0.845. The normalized spacial score (nSPS) is 12.4. The number of carbonyl (C=O) groups is 1. The van der Waals surface area contributed by atoms with Crippen LogP contribution in [-0.4, -0.2) is 18.6 Å². The van der Waals surface area contributed by atoms with E-state index in [4.69, 9.17) is 4.74 Å². The zero-order chi connectivity index (χ0) is 12.3. The average molecular weight is 249 g/mol. The summed E-state index contributed by atoms with van der Waals surface area (Å²) in [4.78, 5) is 11.5. The van der Waals surface area contributed by atoms with Gasteiger partial charge in [-0.3, -0.25) is 0 Å². The largest absolute Gasteiger partial charge is 0.464 e. The van der Waals surface area contributed by atoms with Gasteiger partial charge in [0.2, 0.25) is 0 Å². The molecule has 2 aromatic rings. The third-order valence-corrected chi connectivity index (χ3v) is 3.37. The summed E-state index contributed by atoms with van der Waals surface area (Å²) in [5.74, 6) is -0.224. The fraction of sp³-hybridized carbons (Fsp3) is 0.308. The monoisotopic (exact) mass is 249 g/mol. The molecular weight excluding hydrogens is 234 g/mol. The zero-order valence-corrected chi connectivity index (χ0v) is 10.7. The number of ether oxygens (including phenoxy) is 1. The lowest BCUT2D eigenvalue weighted by atomic mass is 10.2. The summed E-state index contributed by atoms with van der Waals surface area (Å²) in [6, 6.07) is 7.82. The Morgan fingerprint density at radius 3 is 3.06 bits per heavy atom. The van der Waals surface area contributed by atoms with E-state index < -0.39 is 0 Å². The molecule has 0 amide bonds. The molecule has 0 fully saturated rings. The Morgan fingerprint density at radius 1 is 1.47 bits per heavy atom. The number of hydrogen-bond acceptors (Lipinski definition) is 4. The van der Waals surface area contributed by atoms with Crippen molar-refractivity contribution in [3.05, 3.63) is 29.6 Å². The second-order valence-electron chi connectivity index (χ2n) is 3.79. The fourth-order valence-electron chi connectivity index (χ4n) is 1.63. The Balaban J connectivity index is 2.09. The molecule has 90 valence electrons. The van der Waals surface area contributed by atoms with Gasteiger partial charge in [0.15, 0.2) is 0 Å². The lowest BCUT2D eigenvalue weighted by Crippen LogP contribution is -2.28. The molecule has 1 atom stereocenters. The fourth-order valence-corrected chi connectivity index (χ4v) is 2.40. The molecule has 4 heteroatoms. The van der Waals surface area contributed by atoms with Gasteiger partial charge < -0.3 is 10.1 Å². The van der Waals surface area contributed by atoms with Crippen molar-refractivity contribution in [2.24, 2.45) is 0 Å². The molecule has 0 bridgehead atoms. The maximum atomic E-state index is 11.5. The maximum Gasteiger partial charge on any atom is 0.328 e. The van der Waals surface area contributed by atoms with Crippen LogP contribution in [-0.2, 0) is 9.53 Å². The number of benzene rings is 1. The van der Waals surface area contributed by atoms with Crippen LogP contribution in [0.2, 0.25) is 0 Å². The number of nitrogens with one attached hydrogen (secondary N) is 1. The van der Waals surface area contributed by atoms with Crippen molar-refractivity contribution in [3.63, 3.8) is 0 Å². The van der Waals surface area contributed by atoms with E-state index >= 15 is 0 Å². The van der Waals surface area contributed by atoms with Crippen molar-refractivity contribution < 1.29 is 9.53 Å². The van der Waals surface area contributed by atoms with Crippen molar-refractivity contribution in [2.75, 3.05) is 11.9 Å². The van der Waals surface area contributed by atoms with Gasteiger partial charge in [0, 0.05) is 10.4 Å². The van der Waals surface area contributed by atoms with E-state index in [1.54, 1.807) is 18.3 Å². The van der Waals surface area contributed by atoms with Gasteiger partial charge in [0.05, 0.1) is 6.61 Å². The van der Waals surface area contributed by atoms with Gasteiger partial charge in [-0.15, -0.1) is 11.3 Å². The second kappa shape index (κ2) is 5.19. The molecule has 1 aromatic carbocycles. The van der Waals surface area contributed by atoms with Crippen molar-refractivity contribution >= 4 is 33.1 Å². The second-order valence-corrected chi connectivity index (χ2v) is 4.74. The minimum absolute atomic E-state index is 0.224. The van der Waals surface area contributed by atoms with Crippen LogP contribution in [0.4, 0.5) is 5.69 Å². The first-order valence-electron chi connectivity index (χ1n) is 5.61. The molecule has 0 radical (unpaired) electrons. The SMILES string of the molecule is CCOC(=O)C(C)Nc1ccc2sccc2c1. The summed E-state index contributed by atoms with van der Waals surface area (Å²) in [6.07, 6.45) is 0. The van der Waals surface area contributed by atoms with Crippen molar-refractivity contribution in [3.8, 4) is 0 Å². The standard InChI is InChI=1S/C13H15NO2S/c1-3-16-13(15)9(2)14-11-4-5-12-10(8-11)6-7-17-12/h4-9,14H,3H2,1-2H3. The van der Waals surface area contributed by atoms with Crippen molar-refractivity contribution in [1.82, 2.24) is 0 Å². The molecule has 3 nitrogen and oxygen atoms in total. The molecule has 1 unspecified atom stereocenters. The number of carbonyl (C=O) groups excluding carboxylic acids is 1. The lowest BCUT2D eigenvalue weighted by Gasteiger charge is -2.13. The van der Waals surface area contributed by atoms with Gasteiger partial charge >= 0.3 is 5.97 Å². The average Bonchev–Trinajstić information content (AvgIpc) is 2.76. The summed E-state index contributed by atoms with van der Waals surface area (Å²) in [6.45, 7) is 4.02. The van der Waals surface area contributed by atoms with Crippen LogP contribution in [0.1, 0.15) is 13.8 Å².